The number of nitrogens with zero attached hydrogens (tertiary/aromatic N) is 2. The maximum Gasteiger partial charge on any atom is 0.274 e. The van der Waals surface area contributed by atoms with E-state index < -0.39 is 0 Å². The molecule has 0 atom stereocenters. The highest BCUT2D eigenvalue weighted by molar-refractivity contribution is 5.92. The van der Waals surface area contributed by atoms with Crippen molar-refractivity contribution in [1.29, 1.82) is 0 Å². The van der Waals surface area contributed by atoms with Gasteiger partial charge in [0, 0.05) is 31.9 Å². The van der Waals surface area contributed by atoms with E-state index in [2.05, 4.69) is 29.4 Å². The maximum atomic E-state index is 12.1. The van der Waals surface area contributed by atoms with Crippen molar-refractivity contribution in [3.05, 3.63) is 17.5 Å². The molecule has 1 aromatic rings. The fourth-order valence-corrected chi connectivity index (χ4v) is 2.05. The number of H-pyrrole nitrogens is 1. The lowest BCUT2D eigenvalue weighted by Crippen LogP contribution is -2.46. The number of aromatic amines is 1. The molecule has 0 spiro atoms. The van der Waals surface area contributed by atoms with Crippen molar-refractivity contribution in [3.8, 4) is 0 Å². The van der Waals surface area contributed by atoms with Crippen molar-refractivity contribution in [3.63, 3.8) is 0 Å². The number of rotatable bonds is 3. The fraction of sp³-hybridized carbons (Fsp3) is 0.667. The van der Waals surface area contributed by atoms with Gasteiger partial charge in [-0.25, -0.2) is 0 Å². The fourth-order valence-electron chi connectivity index (χ4n) is 2.05. The molecule has 1 saturated heterocycles. The van der Waals surface area contributed by atoms with E-state index in [0.717, 1.165) is 38.3 Å². The van der Waals surface area contributed by atoms with Gasteiger partial charge < -0.3 is 10.2 Å². The summed E-state index contributed by atoms with van der Waals surface area (Å²) in [4.78, 5) is 14.0. The predicted octanol–water partition coefficient (Wildman–Crippen LogP) is 0.654. The lowest BCUT2D eigenvalue weighted by molar-refractivity contribution is 0.0730. The van der Waals surface area contributed by atoms with E-state index in [1.54, 1.807) is 0 Å². The highest BCUT2D eigenvalue weighted by atomic mass is 16.2. The zero-order valence-electron chi connectivity index (χ0n) is 10.5. The predicted molar refractivity (Wildman–Crippen MR) is 65.9 cm³/mol. The second kappa shape index (κ2) is 5.31. The SMILES string of the molecule is CC(C)Cc1cc(C(=O)N2CCNCC2)n[nH]1. The first kappa shape index (κ1) is 12.1. The van der Waals surface area contributed by atoms with Gasteiger partial charge in [0.25, 0.3) is 5.91 Å². The normalized spacial score (nSPS) is 16.5. The molecule has 0 aliphatic carbocycles. The lowest BCUT2D eigenvalue weighted by Gasteiger charge is -2.26. The Morgan fingerprint density at radius 1 is 1.47 bits per heavy atom. The van der Waals surface area contributed by atoms with E-state index in [1.807, 2.05) is 11.0 Å². The van der Waals surface area contributed by atoms with Gasteiger partial charge in [-0.1, -0.05) is 13.8 Å². The molecule has 2 heterocycles. The summed E-state index contributed by atoms with van der Waals surface area (Å²) in [6.45, 7) is 7.58. The molecule has 0 saturated carbocycles. The average Bonchev–Trinajstić information content (AvgIpc) is 2.77. The minimum absolute atomic E-state index is 0.0396. The first-order valence-corrected chi connectivity index (χ1v) is 6.21. The summed E-state index contributed by atoms with van der Waals surface area (Å²) in [5.74, 6) is 0.607. The molecule has 1 aliphatic rings. The molecular formula is C12H20N4O. The van der Waals surface area contributed by atoms with Crippen molar-refractivity contribution in [2.75, 3.05) is 26.2 Å². The average molecular weight is 236 g/mol. The number of amides is 1. The van der Waals surface area contributed by atoms with E-state index in [-0.39, 0.29) is 5.91 Å². The van der Waals surface area contributed by atoms with Crippen LogP contribution in [0.25, 0.3) is 0 Å². The molecule has 0 bridgehead atoms. The molecule has 2 rings (SSSR count). The first-order valence-electron chi connectivity index (χ1n) is 6.21. The Morgan fingerprint density at radius 2 is 2.18 bits per heavy atom. The van der Waals surface area contributed by atoms with Crippen LogP contribution in [0.1, 0.15) is 30.0 Å². The molecule has 2 N–H and O–H groups in total. The van der Waals surface area contributed by atoms with Crippen LogP contribution in [-0.2, 0) is 6.42 Å². The number of nitrogens with one attached hydrogen (secondary N) is 2. The van der Waals surface area contributed by atoms with E-state index in [0.29, 0.717) is 11.6 Å². The number of hydrogen-bond donors (Lipinski definition) is 2. The van der Waals surface area contributed by atoms with Crippen LogP contribution in [-0.4, -0.2) is 47.2 Å². The summed E-state index contributed by atoms with van der Waals surface area (Å²) in [5, 5.41) is 10.3. The van der Waals surface area contributed by atoms with Crippen molar-refractivity contribution in [2.45, 2.75) is 20.3 Å². The number of aromatic nitrogens is 2. The third kappa shape index (κ3) is 3.06. The van der Waals surface area contributed by atoms with E-state index >= 15 is 0 Å². The van der Waals surface area contributed by atoms with Crippen LogP contribution < -0.4 is 5.32 Å². The highest BCUT2D eigenvalue weighted by Gasteiger charge is 2.20. The topological polar surface area (TPSA) is 61.0 Å². The van der Waals surface area contributed by atoms with Crippen LogP contribution in [0.5, 0.6) is 0 Å². The van der Waals surface area contributed by atoms with Crippen molar-refractivity contribution < 1.29 is 4.79 Å². The highest BCUT2D eigenvalue weighted by Crippen LogP contribution is 2.09. The molecule has 1 aromatic heterocycles. The van der Waals surface area contributed by atoms with Gasteiger partial charge >= 0.3 is 0 Å². The monoisotopic (exact) mass is 236 g/mol. The summed E-state index contributed by atoms with van der Waals surface area (Å²) >= 11 is 0. The minimum atomic E-state index is 0.0396. The minimum Gasteiger partial charge on any atom is -0.335 e. The van der Waals surface area contributed by atoms with Gasteiger partial charge in [-0.3, -0.25) is 9.89 Å². The number of piperazine rings is 1. The van der Waals surface area contributed by atoms with Crippen LogP contribution in [0.3, 0.4) is 0 Å². The van der Waals surface area contributed by atoms with Crippen molar-refractivity contribution >= 4 is 5.91 Å². The standard InChI is InChI=1S/C12H20N4O/c1-9(2)7-10-8-11(15-14-10)12(17)16-5-3-13-4-6-16/h8-9,13H,3-7H2,1-2H3,(H,14,15). The van der Waals surface area contributed by atoms with Crippen molar-refractivity contribution in [1.82, 2.24) is 20.4 Å². The Kier molecular flexibility index (Phi) is 3.78. The van der Waals surface area contributed by atoms with E-state index in [9.17, 15) is 4.79 Å². The molecule has 1 fully saturated rings. The Labute approximate surface area is 102 Å². The van der Waals surface area contributed by atoms with Gasteiger partial charge in [0.1, 0.15) is 5.69 Å². The van der Waals surface area contributed by atoms with Crippen LogP contribution in [0.4, 0.5) is 0 Å². The lowest BCUT2D eigenvalue weighted by atomic mass is 10.1. The summed E-state index contributed by atoms with van der Waals surface area (Å²) in [7, 11) is 0. The molecular weight excluding hydrogens is 216 g/mol. The van der Waals surface area contributed by atoms with Crippen molar-refractivity contribution in [2.24, 2.45) is 5.92 Å². The number of carbonyl (C=O) groups is 1. The van der Waals surface area contributed by atoms with Crippen LogP contribution in [0, 0.1) is 5.92 Å². The Balaban J connectivity index is 2.01. The Bertz CT molecular complexity index is 380. The number of hydrogen-bond acceptors (Lipinski definition) is 3. The van der Waals surface area contributed by atoms with Crippen LogP contribution in [0.15, 0.2) is 6.07 Å². The third-order valence-electron chi connectivity index (χ3n) is 2.88. The molecule has 5 heteroatoms. The molecule has 1 aliphatic heterocycles. The molecule has 0 aromatic carbocycles. The van der Waals surface area contributed by atoms with Gasteiger partial charge in [0.05, 0.1) is 0 Å². The largest absolute Gasteiger partial charge is 0.335 e. The molecule has 17 heavy (non-hydrogen) atoms. The zero-order chi connectivity index (χ0) is 12.3. The zero-order valence-corrected chi connectivity index (χ0v) is 10.5. The van der Waals surface area contributed by atoms with Gasteiger partial charge in [-0.2, -0.15) is 5.10 Å². The van der Waals surface area contributed by atoms with Gasteiger partial charge in [0.2, 0.25) is 0 Å². The van der Waals surface area contributed by atoms with E-state index in [4.69, 9.17) is 0 Å². The molecule has 0 unspecified atom stereocenters. The second-order valence-corrected chi connectivity index (χ2v) is 4.92. The molecule has 94 valence electrons. The summed E-state index contributed by atoms with van der Waals surface area (Å²) < 4.78 is 0. The second-order valence-electron chi connectivity index (χ2n) is 4.92. The Morgan fingerprint density at radius 3 is 2.82 bits per heavy atom. The van der Waals surface area contributed by atoms with Gasteiger partial charge in [-0.15, -0.1) is 0 Å². The summed E-state index contributed by atoms with van der Waals surface area (Å²) in [6.07, 6.45) is 0.932. The summed E-state index contributed by atoms with van der Waals surface area (Å²) in [5.41, 5.74) is 1.58. The molecule has 5 nitrogen and oxygen atoms in total. The van der Waals surface area contributed by atoms with Gasteiger partial charge in [0.15, 0.2) is 0 Å². The Hall–Kier alpha value is -1.36. The van der Waals surface area contributed by atoms with Gasteiger partial charge in [-0.05, 0) is 18.4 Å². The first-order chi connectivity index (χ1) is 8.16. The third-order valence-corrected chi connectivity index (χ3v) is 2.88. The molecule has 0 radical (unpaired) electrons. The van der Waals surface area contributed by atoms with Crippen LogP contribution in [0.2, 0.25) is 0 Å². The maximum absolute atomic E-state index is 12.1. The summed E-state index contributed by atoms with van der Waals surface area (Å²) in [6, 6.07) is 1.88. The van der Waals surface area contributed by atoms with E-state index in [1.165, 1.54) is 0 Å². The smallest absolute Gasteiger partial charge is 0.274 e. The quantitative estimate of drug-likeness (QED) is 0.810. The number of carbonyl (C=O) groups excluding carboxylic acids is 1. The molecule has 1 amide bonds. The van der Waals surface area contributed by atoms with Crippen LogP contribution >= 0.6 is 0 Å².